The van der Waals surface area contributed by atoms with Crippen molar-refractivity contribution in [3.63, 3.8) is 0 Å². The van der Waals surface area contributed by atoms with Gasteiger partial charge in [0.05, 0.1) is 4.92 Å². The van der Waals surface area contributed by atoms with Crippen LogP contribution in [0.25, 0.3) is 0 Å². The molecular weight excluding hydrogens is 386 g/mol. The predicted octanol–water partition coefficient (Wildman–Crippen LogP) is 4.59. The molecule has 9 nitrogen and oxygen atoms in total. The molecule has 0 bridgehead atoms. The largest absolute Gasteiger partial charge is 0.334 e. The van der Waals surface area contributed by atoms with E-state index in [9.17, 15) is 19.7 Å². The van der Waals surface area contributed by atoms with Crippen LogP contribution in [0, 0.1) is 17.0 Å². The minimum absolute atomic E-state index is 0.0194. The number of rotatable bonds is 7. The van der Waals surface area contributed by atoms with Crippen molar-refractivity contribution in [1.29, 1.82) is 0 Å². The highest BCUT2D eigenvalue weighted by Crippen LogP contribution is 2.30. The van der Waals surface area contributed by atoms with E-state index >= 15 is 0 Å². The number of Topliss-reactive ketones (excluding diaryl/α,β-unsaturated/α-hetero) is 2. The summed E-state index contributed by atoms with van der Waals surface area (Å²) in [4.78, 5) is 42.2. The first-order valence-electron chi connectivity index (χ1n) is 9.03. The quantitative estimate of drug-likeness (QED) is 0.332. The Balaban J connectivity index is 1.92. The van der Waals surface area contributed by atoms with Crippen molar-refractivity contribution in [2.24, 2.45) is 0 Å². The average molecular weight is 405 g/mol. The topological polar surface area (TPSA) is 127 Å². The second-order valence-corrected chi connectivity index (χ2v) is 6.60. The fourth-order valence-corrected chi connectivity index (χ4v) is 2.77. The zero-order valence-electron chi connectivity index (χ0n) is 16.6. The predicted molar refractivity (Wildman–Crippen MR) is 113 cm³/mol. The molecule has 9 heteroatoms. The number of carbonyl (C=O) groups excluding carboxylic acids is 2. The van der Waals surface area contributed by atoms with Gasteiger partial charge in [-0.2, -0.15) is 4.98 Å². The molecule has 1 aromatic heterocycles. The summed E-state index contributed by atoms with van der Waals surface area (Å²) in [6.07, 6.45) is 0. The fourth-order valence-electron chi connectivity index (χ4n) is 2.77. The number of aryl methyl sites for hydroxylation is 1. The standard InChI is InChI=1S/C21H19N5O4/c1-12-19(26(29)30)20(23-17-8-4-15(5-9-17)13(2)27)25-21(22-12)24-18-10-6-16(7-11-18)14(3)28/h4-11H,1-3H3,(H2,22,23,24,25). The summed E-state index contributed by atoms with van der Waals surface area (Å²) in [5.41, 5.74) is 2.20. The first-order chi connectivity index (χ1) is 14.2. The van der Waals surface area contributed by atoms with Gasteiger partial charge in [0.1, 0.15) is 5.69 Å². The lowest BCUT2D eigenvalue weighted by atomic mass is 10.1. The molecule has 3 aromatic rings. The second-order valence-electron chi connectivity index (χ2n) is 6.60. The van der Waals surface area contributed by atoms with Gasteiger partial charge in [0, 0.05) is 22.5 Å². The van der Waals surface area contributed by atoms with Crippen molar-refractivity contribution in [3.8, 4) is 0 Å². The molecule has 1 heterocycles. The molecule has 0 amide bonds. The zero-order chi connectivity index (χ0) is 21.8. The van der Waals surface area contributed by atoms with E-state index in [2.05, 4.69) is 20.6 Å². The highest BCUT2D eigenvalue weighted by molar-refractivity contribution is 5.95. The van der Waals surface area contributed by atoms with Crippen molar-refractivity contribution < 1.29 is 14.5 Å². The second kappa shape index (κ2) is 8.48. The summed E-state index contributed by atoms with van der Waals surface area (Å²) in [5.74, 6) is 0.0569. The molecule has 0 spiro atoms. The number of carbonyl (C=O) groups is 2. The molecule has 0 unspecified atom stereocenters. The Morgan fingerprint density at radius 2 is 1.30 bits per heavy atom. The first kappa shape index (κ1) is 20.6. The van der Waals surface area contributed by atoms with E-state index in [1.165, 1.54) is 20.8 Å². The molecule has 3 rings (SSSR count). The highest BCUT2D eigenvalue weighted by atomic mass is 16.6. The molecule has 0 saturated carbocycles. The zero-order valence-corrected chi connectivity index (χ0v) is 16.6. The molecule has 0 aliphatic rings. The lowest BCUT2D eigenvalue weighted by Gasteiger charge is -2.11. The lowest BCUT2D eigenvalue weighted by molar-refractivity contribution is -0.385. The Hall–Kier alpha value is -4.14. The molecule has 2 N–H and O–H groups in total. The van der Waals surface area contributed by atoms with Crippen molar-refractivity contribution in [1.82, 2.24) is 9.97 Å². The number of hydrogen-bond acceptors (Lipinski definition) is 8. The Bertz CT molecular complexity index is 1130. The first-order valence-corrected chi connectivity index (χ1v) is 9.03. The number of benzene rings is 2. The molecule has 0 aliphatic heterocycles. The van der Waals surface area contributed by atoms with Crippen molar-refractivity contribution >= 4 is 40.4 Å². The summed E-state index contributed by atoms with van der Waals surface area (Å²) in [7, 11) is 0. The number of hydrogen-bond donors (Lipinski definition) is 2. The van der Waals surface area contributed by atoms with E-state index < -0.39 is 4.92 Å². The summed E-state index contributed by atoms with van der Waals surface area (Å²) < 4.78 is 0. The number of aromatic nitrogens is 2. The number of nitrogens with zero attached hydrogens (tertiary/aromatic N) is 3. The van der Waals surface area contributed by atoms with Gasteiger partial charge in [-0.05, 0) is 69.3 Å². The third-order valence-electron chi connectivity index (χ3n) is 4.34. The van der Waals surface area contributed by atoms with Gasteiger partial charge in [-0.15, -0.1) is 0 Å². The third kappa shape index (κ3) is 4.64. The van der Waals surface area contributed by atoms with Crippen LogP contribution in [-0.2, 0) is 0 Å². The van der Waals surface area contributed by atoms with Gasteiger partial charge in [-0.3, -0.25) is 19.7 Å². The van der Waals surface area contributed by atoms with Crippen LogP contribution in [0.3, 0.4) is 0 Å². The maximum absolute atomic E-state index is 11.5. The van der Waals surface area contributed by atoms with Crippen LogP contribution in [0.2, 0.25) is 0 Å². The minimum atomic E-state index is -0.549. The van der Waals surface area contributed by atoms with Crippen molar-refractivity contribution in [2.75, 3.05) is 10.6 Å². The van der Waals surface area contributed by atoms with Crippen LogP contribution in [0.4, 0.5) is 28.8 Å². The Kier molecular flexibility index (Phi) is 5.82. The van der Waals surface area contributed by atoms with Gasteiger partial charge in [0.2, 0.25) is 11.8 Å². The van der Waals surface area contributed by atoms with Crippen molar-refractivity contribution in [3.05, 3.63) is 75.5 Å². The Labute approximate surface area is 172 Å². The van der Waals surface area contributed by atoms with E-state index in [1.807, 2.05) is 0 Å². The number of nitrogens with one attached hydrogen (secondary N) is 2. The molecule has 0 radical (unpaired) electrons. The maximum Gasteiger partial charge on any atom is 0.332 e. The average Bonchev–Trinajstić information content (AvgIpc) is 2.68. The number of anilines is 4. The van der Waals surface area contributed by atoms with Gasteiger partial charge in [-0.25, -0.2) is 4.98 Å². The van der Waals surface area contributed by atoms with Gasteiger partial charge in [-0.1, -0.05) is 0 Å². The number of ketones is 2. The summed E-state index contributed by atoms with van der Waals surface area (Å²) >= 11 is 0. The molecular formula is C21H19N5O4. The van der Waals surface area contributed by atoms with Crippen LogP contribution in [0.15, 0.2) is 48.5 Å². The van der Waals surface area contributed by atoms with Crippen LogP contribution < -0.4 is 10.6 Å². The van der Waals surface area contributed by atoms with Crippen molar-refractivity contribution in [2.45, 2.75) is 20.8 Å². The Morgan fingerprint density at radius 3 is 1.73 bits per heavy atom. The smallest absolute Gasteiger partial charge is 0.332 e. The van der Waals surface area contributed by atoms with E-state index in [4.69, 9.17) is 0 Å². The summed E-state index contributed by atoms with van der Waals surface area (Å²) in [5, 5.41) is 17.4. The van der Waals surface area contributed by atoms with E-state index in [0.717, 1.165) is 0 Å². The Morgan fingerprint density at radius 1 is 0.833 bits per heavy atom. The molecule has 0 saturated heterocycles. The minimum Gasteiger partial charge on any atom is -0.334 e. The molecule has 2 aromatic carbocycles. The third-order valence-corrected chi connectivity index (χ3v) is 4.34. The fraction of sp³-hybridized carbons (Fsp3) is 0.143. The van der Waals surface area contributed by atoms with Gasteiger partial charge >= 0.3 is 5.69 Å². The van der Waals surface area contributed by atoms with Gasteiger partial charge in [0.15, 0.2) is 11.6 Å². The summed E-state index contributed by atoms with van der Waals surface area (Å²) in [6, 6.07) is 13.3. The molecule has 152 valence electrons. The molecule has 0 fully saturated rings. The molecule has 0 atom stereocenters. The molecule has 0 aliphatic carbocycles. The molecule has 30 heavy (non-hydrogen) atoms. The van der Waals surface area contributed by atoms with Crippen LogP contribution in [0.5, 0.6) is 0 Å². The normalized spacial score (nSPS) is 10.4. The van der Waals surface area contributed by atoms with Crippen LogP contribution >= 0.6 is 0 Å². The van der Waals surface area contributed by atoms with Gasteiger partial charge in [0.25, 0.3) is 0 Å². The summed E-state index contributed by atoms with van der Waals surface area (Å²) in [6.45, 7) is 4.46. The maximum atomic E-state index is 11.5. The monoisotopic (exact) mass is 405 g/mol. The number of nitro groups is 1. The lowest BCUT2D eigenvalue weighted by Crippen LogP contribution is -2.07. The van der Waals surface area contributed by atoms with Gasteiger partial charge < -0.3 is 10.6 Å². The highest BCUT2D eigenvalue weighted by Gasteiger charge is 2.22. The van der Waals surface area contributed by atoms with Crippen LogP contribution in [-0.4, -0.2) is 26.5 Å². The van der Waals surface area contributed by atoms with E-state index in [0.29, 0.717) is 22.5 Å². The van der Waals surface area contributed by atoms with E-state index in [-0.39, 0.29) is 34.7 Å². The van der Waals surface area contributed by atoms with Crippen LogP contribution in [0.1, 0.15) is 40.3 Å². The van der Waals surface area contributed by atoms with E-state index in [1.54, 1.807) is 48.5 Å². The SMILES string of the molecule is CC(=O)c1ccc(Nc2nc(C)c([N+](=O)[O-])c(Nc3ccc(C(C)=O)cc3)n2)cc1.